The molecular formula is C16H23N3OS. The third kappa shape index (κ3) is 4.71. The molecule has 114 valence electrons. The van der Waals surface area contributed by atoms with Gasteiger partial charge in [-0.25, -0.2) is 0 Å². The highest BCUT2D eigenvalue weighted by Crippen LogP contribution is 2.31. The number of likely N-dealkylation sites (tertiary alicyclic amines) is 1. The van der Waals surface area contributed by atoms with Gasteiger partial charge in [-0.3, -0.25) is 9.78 Å². The summed E-state index contributed by atoms with van der Waals surface area (Å²) in [6.45, 7) is 3.25. The first-order valence-electron chi connectivity index (χ1n) is 7.78. The van der Waals surface area contributed by atoms with Crippen molar-refractivity contribution >= 4 is 17.7 Å². The summed E-state index contributed by atoms with van der Waals surface area (Å²) in [5.41, 5.74) is 1.22. The third-order valence-corrected chi connectivity index (χ3v) is 5.22. The molecule has 0 unspecified atom stereocenters. The second kappa shape index (κ2) is 7.27. The van der Waals surface area contributed by atoms with Gasteiger partial charge in [0.1, 0.15) is 0 Å². The van der Waals surface area contributed by atoms with Gasteiger partial charge in [-0.2, -0.15) is 0 Å². The average molecular weight is 305 g/mol. The fourth-order valence-corrected chi connectivity index (χ4v) is 3.67. The molecule has 0 bridgehead atoms. The van der Waals surface area contributed by atoms with E-state index in [0.29, 0.717) is 11.7 Å². The van der Waals surface area contributed by atoms with E-state index in [1.165, 1.54) is 37.9 Å². The normalized spacial score (nSPS) is 22.4. The molecule has 1 saturated carbocycles. The summed E-state index contributed by atoms with van der Waals surface area (Å²) in [4.78, 5) is 18.4. The quantitative estimate of drug-likeness (QED) is 0.836. The molecule has 1 aromatic rings. The number of hydrogen-bond acceptors (Lipinski definition) is 4. The number of hydrogen-bond donors (Lipinski definition) is 1. The lowest BCUT2D eigenvalue weighted by Gasteiger charge is -2.15. The molecule has 4 nitrogen and oxygen atoms in total. The summed E-state index contributed by atoms with van der Waals surface area (Å²) >= 11 is 1.66. The Balaban J connectivity index is 1.28. The summed E-state index contributed by atoms with van der Waals surface area (Å²) in [6.07, 6.45) is 7.58. The first-order valence-corrected chi connectivity index (χ1v) is 8.94. The molecule has 1 aromatic heterocycles. The van der Waals surface area contributed by atoms with Gasteiger partial charge in [0.2, 0.25) is 5.91 Å². The standard InChI is InChI=1S/C16H23N3OS/c20-16(12-21-11-13-3-6-17-7-4-13)18-9-14-5-8-19(10-14)15-1-2-15/h3-4,6-7,14-15H,1-2,5,8-12H2,(H,18,20)/t14-/m1/s1. The SMILES string of the molecule is O=C(CSCc1ccncc1)NC[C@H]1CCN(C2CC2)C1. The van der Waals surface area contributed by atoms with E-state index in [1.807, 2.05) is 12.1 Å². The number of nitrogens with zero attached hydrogens (tertiary/aromatic N) is 2. The van der Waals surface area contributed by atoms with Crippen LogP contribution in [0.3, 0.4) is 0 Å². The van der Waals surface area contributed by atoms with Crippen LogP contribution in [0.2, 0.25) is 0 Å². The molecule has 1 aliphatic heterocycles. The van der Waals surface area contributed by atoms with Crippen molar-refractivity contribution in [3.8, 4) is 0 Å². The number of thioether (sulfide) groups is 1. The Labute approximate surface area is 130 Å². The predicted octanol–water partition coefficient (Wildman–Crippen LogP) is 1.92. The largest absolute Gasteiger partial charge is 0.355 e. The van der Waals surface area contributed by atoms with Crippen molar-refractivity contribution in [1.29, 1.82) is 0 Å². The molecule has 2 heterocycles. The van der Waals surface area contributed by atoms with Crippen molar-refractivity contribution in [2.24, 2.45) is 5.92 Å². The van der Waals surface area contributed by atoms with Gasteiger partial charge in [0, 0.05) is 37.3 Å². The van der Waals surface area contributed by atoms with E-state index in [1.54, 1.807) is 24.2 Å². The van der Waals surface area contributed by atoms with Gasteiger partial charge in [-0.15, -0.1) is 11.8 Å². The summed E-state index contributed by atoms with van der Waals surface area (Å²) in [7, 11) is 0. The molecule has 0 spiro atoms. The van der Waals surface area contributed by atoms with Crippen molar-refractivity contribution < 1.29 is 4.79 Å². The zero-order chi connectivity index (χ0) is 14.5. The van der Waals surface area contributed by atoms with Crippen LogP contribution in [-0.2, 0) is 10.5 Å². The summed E-state index contributed by atoms with van der Waals surface area (Å²) < 4.78 is 0. The van der Waals surface area contributed by atoms with Crippen LogP contribution in [0.25, 0.3) is 0 Å². The van der Waals surface area contributed by atoms with E-state index < -0.39 is 0 Å². The number of amides is 1. The Morgan fingerprint density at radius 3 is 2.90 bits per heavy atom. The van der Waals surface area contributed by atoms with Crippen LogP contribution < -0.4 is 5.32 Å². The Hall–Kier alpha value is -1.07. The molecule has 2 fully saturated rings. The zero-order valence-corrected chi connectivity index (χ0v) is 13.1. The second-order valence-corrected chi connectivity index (χ2v) is 7.02. The molecule has 2 aliphatic rings. The van der Waals surface area contributed by atoms with Gasteiger partial charge in [-0.05, 0) is 49.4 Å². The minimum atomic E-state index is 0.166. The lowest BCUT2D eigenvalue weighted by Crippen LogP contribution is -2.32. The summed E-state index contributed by atoms with van der Waals surface area (Å²) in [5, 5.41) is 3.09. The highest BCUT2D eigenvalue weighted by atomic mass is 32.2. The summed E-state index contributed by atoms with van der Waals surface area (Å²) in [6, 6.07) is 4.85. The summed E-state index contributed by atoms with van der Waals surface area (Å²) in [5.74, 6) is 2.23. The highest BCUT2D eigenvalue weighted by molar-refractivity contribution is 7.99. The minimum absolute atomic E-state index is 0.166. The number of carbonyl (C=O) groups is 1. The first kappa shape index (κ1) is 14.9. The van der Waals surface area contributed by atoms with Gasteiger partial charge >= 0.3 is 0 Å². The van der Waals surface area contributed by atoms with Gasteiger partial charge in [-0.1, -0.05) is 0 Å². The fourth-order valence-electron chi connectivity index (χ4n) is 2.85. The van der Waals surface area contributed by atoms with Crippen LogP contribution in [-0.4, -0.2) is 47.2 Å². The fraction of sp³-hybridized carbons (Fsp3) is 0.625. The smallest absolute Gasteiger partial charge is 0.230 e. The second-order valence-electron chi connectivity index (χ2n) is 6.03. The molecular weight excluding hydrogens is 282 g/mol. The molecule has 0 aromatic carbocycles. The van der Waals surface area contributed by atoms with E-state index in [-0.39, 0.29) is 5.91 Å². The predicted molar refractivity (Wildman–Crippen MR) is 86.1 cm³/mol. The number of carbonyl (C=O) groups excluding carboxylic acids is 1. The van der Waals surface area contributed by atoms with Crippen LogP contribution >= 0.6 is 11.8 Å². The minimum Gasteiger partial charge on any atom is -0.355 e. The van der Waals surface area contributed by atoms with Crippen LogP contribution in [0, 0.1) is 5.92 Å². The molecule has 1 saturated heterocycles. The van der Waals surface area contributed by atoms with Crippen molar-refractivity contribution in [3.63, 3.8) is 0 Å². The van der Waals surface area contributed by atoms with Gasteiger partial charge < -0.3 is 10.2 Å². The van der Waals surface area contributed by atoms with Crippen molar-refractivity contribution in [3.05, 3.63) is 30.1 Å². The monoisotopic (exact) mass is 305 g/mol. The molecule has 21 heavy (non-hydrogen) atoms. The maximum absolute atomic E-state index is 11.9. The number of rotatable bonds is 7. The van der Waals surface area contributed by atoms with Crippen molar-refractivity contribution in [2.75, 3.05) is 25.4 Å². The van der Waals surface area contributed by atoms with E-state index in [0.717, 1.165) is 18.3 Å². The lowest BCUT2D eigenvalue weighted by atomic mass is 10.1. The molecule has 1 N–H and O–H groups in total. The molecule has 0 radical (unpaired) electrons. The molecule has 3 rings (SSSR count). The molecule has 1 aliphatic carbocycles. The van der Waals surface area contributed by atoms with E-state index in [2.05, 4.69) is 15.2 Å². The zero-order valence-electron chi connectivity index (χ0n) is 12.3. The van der Waals surface area contributed by atoms with Crippen LogP contribution in [0.5, 0.6) is 0 Å². The topological polar surface area (TPSA) is 45.2 Å². The third-order valence-electron chi connectivity index (χ3n) is 4.22. The first-order chi connectivity index (χ1) is 10.3. The Morgan fingerprint density at radius 2 is 2.14 bits per heavy atom. The van der Waals surface area contributed by atoms with Crippen LogP contribution in [0.15, 0.2) is 24.5 Å². The highest BCUT2D eigenvalue weighted by Gasteiger charge is 2.34. The number of pyridine rings is 1. The lowest BCUT2D eigenvalue weighted by molar-refractivity contribution is -0.118. The van der Waals surface area contributed by atoms with E-state index in [4.69, 9.17) is 0 Å². The number of aromatic nitrogens is 1. The Morgan fingerprint density at radius 1 is 1.33 bits per heavy atom. The maximum atomic E-state index is 11.9. The number of nitrogens with one attached hydrogen (secondary N) is 1. The van der Waals surface area contributed by atoms with E-state index >= 15 is 0 Å². The molecule has 1 atom stereocenters. The Bertz CT molecular complexity index is 464. The van der Waals surface area contributed by atoms with Crippen LogP contribution in [0.4, 0.5) is 0 Å². The average Bonchev–Trinajstić information content (AvgIpc) is 3.25. The Kier molecular flexibility index (Phi) is 5.14. The molecule has 5 heteroatoms. The van der Waals surface area contributed by atoms with Gasteiger partial charge in [0.15, 0.2) is 0 Å². The van der Waals surface area contributed by atoms with Gasteiger partial charge in [0.05, 0.1) is 5.75 Å². The maximum Gasteiger partial charge on any atom is 0.230 e. The van der Waals surface area contributed by atoms with Crippen molar-refractivity contribution in [2.45, 2.75) is 31.1 Å². The van der Waals surface area contributed by atoms with E-state index in [9.17, 15) is 4.79 Å². The van der Waals surface area contributed by atoms with Crippen molar-refractivity contribution in [1.82, 2.24) is 15.2 Å². The van der Waals surface area contributed by atoms with Crippen LogP contribution in [0.1, 0.15) is 24.8 Å². The van der Waals surface area contributed by atoms with Gasteiger partial charge in [0.25, 0.3) is 0 Å². The molecule has 1 amide bonds.